The second kappa shape index (κ2) is 8.98. The molecule has 3 aromatic rings. The standard InChI is InChI=1S/C26H31N5O2/c1-31(2)24-20-9-5-6-10-21(20)28-26(30-24)27-18-13-11-16(12-14-18)25(33)29-23-19-8-4-3-7-17(19)15-22(23)32/h3-10,16,18,22-23,32H,11-15H2,1-2H3,(H,29,33)(H,27,28,30)/t16?,18?,22-,23+/m1/s1. The van der Waals surface area contributed by atoms with Crippen LogP contribution in [-0.2, 0) is 11.2 Å². The van der Waals surface area contributed by atoms with Gasteiger partial charge in [-0.1, -0.05) is 36.4 Å². The highest BCUT2D eigenvalue weighted by Crippen LogP contribution is 2.33. The monoisotopic (exact) mass is 445 g/mol. The lowest BCUT2D eigenvalue weighted by molar-refractivity contribution is -0.127. The fraction of sp³-hybridized carbons (Fsp3) is 0.423. The number of nitrogens with one attached hydrogen (secondary N) is 2. The maximum atomic E-state index is 13.0. The smallest absolute Gasteiger partial charge is 0.225 e. The quantitative estimate of drug-likeness (QED) is 0.557. The van der Waals surface area contributed by atoms with E-state index in [9.17, 15) is 9.90 Å². The van der Waals surface area contributed by atoms with Gasteiger partial charge in [-0.25, -0.2) is 4.98 Å². The number of aliphatic hydroxyl groups excluding tert-OH is 1. The lowest BCUT2D eigenvalue weighted by atomic mass is 9.85. The van der Waals surface area contributed by atoms with Crippen molar-refractivity contribution in [2.75, 3.05) is 24.3 Å². The van der Waals surface area contributed by atoms with Crippen LogP contribution >= 0.6 is 0 Å². The number of aliphatic hydroxyl groups is 1. The Morgan fingerprint density at radius 3 is 2.52 bits per heavy atom. The lowest BCUT2D eigenvalue weighted by Crippen LogP contribution is -2.40. The average Bonchev–Trinajstić information content (AvgIpc) is 3.13. The van der Waals surface area contributed by atoms with Crippen LogP contribution in [0, 0.1) is 5.92 Å². The number of benzene rings is 2. The summed E-state index contributed by atoms with van der Waals surface area (Å²) >= 11 is 0. The van der Waals surface area contributed by atoms with Crippen molar-refractivity contribution in [3.63, 3.8) is 0 Å². The van der Waals surface area contributed by atoms with Crippen LogP contribution in [0.4, 0.5) is 11.8 Å². The van der Waals surface area contributed by atoms with Gasteiger partial charge in [-0.3, -0.25) is 4.79 Å². The first-order valence-electron chi connectivity index (χ1n) is 11.8. The number of carbonyl (C=O) groups excluding carboxylic acids is 1. The molecule has 1 heterocycles. The van der Waals surface area contributed by atoms with Crippen molar-refractivity contribution in [2.45, 2.75) is 50.3 Å². The molecule has 172 valence electrons. The number of nitrogens with zero attached hydrogens (tertiary/aromatic N) is 3. The van der Waals surface area contributed by atoms with E-state index < -0.39 is 6.10 Å². The number of anilines is 2. The Balaban J connectivity index is 1.21. The summed E-state index contributed by atoms with van der Waals surface area (Å²) in [5, 5.41) is 18.1. The van der Waals surface area contributed by atoms with Crippen molar-refractivity contribution in [2.24, 2.45) is 5.92 Å². The van der Waals surface area contributed by atoms with Gasteiger partial charge in [0.15, 0.2) is 0 Å². The summed E-state index contributed by atoms with van der Waals surface area (Å²) in [6.07, 6.45) is 3.42. The summed E-state index contributed by atoms with van der Waals surface area (Å²) in [5.41, 5.74) is 3.08. The molecule has 2 aliphatic rings. The van der Waals surface area contributed by atoms with Crippen molar-refractivity contribution >= 4 is 28.6 Å². The van der Waals surface area contributed by atoms with E-state index in [1.165, 1.54) is 0 Å². The molecule has 0 spiro atoms. The summed E-state index contributed by atoms with van der Waals surface area (Å²) < 4.78 is 0. The van der Waals surface area contributed by atoms with Crippen molar-refractivity contribution in [3.05, 3.63) is 59.7 Å². The van der Waals surface area contributed by atoms with E-state index in [2.05, 4.69) is 10.6 Å². The highest BCUT2D eigenvalue weighted by molar-refractivity contribution is 5.90. The summed E-state index contributed by atoms with van der Waals surface area (Å²) in [6, 6.07) is 15.9. The summed E-state index contributed by atoms with van der Waals surface area (Å²) in [4.78, 5) is 24.4. The number of carbonyl (C=O) groups is 1. The molecule has 33 heavy (non-hydrogen) atoms. The Morgan fingerprint density at radius 2 is 1.73 bits per heavy atom. The van der Waals surface area contributed by atoms with Gasteiger partial charge in [0.05, 0.1) is 17.7 Å². The number of aromatic nitrogens is 2. The predicted molar refractivity (Wildman–Crippen MR) is 130 cm³/mol. The largest absolute Gasteiger partial charge is 0.390 e. The molecule has 2 atom stereocenters. The third-order valence-corrected chi connectivity index (χ3v) is 6.94. The molecule has 2 aromatic carbocycles. The number of amides is 1. The van der Waals surface area contributed by atoms with Gasteiger partial charge < -0.3 is 20.6 Å². The average molecular weight is 446 g/mol. The maximum Gasteiger partial charge on any atom is 0.225 e. The van der Waals surface area contributed by atoms with Gasteiger partial charge in [0.1, 0.15) is 5.82 Å². The predicted octanol–water partition coefficient (Wildman–Crippen LogP) is 3.44. The molecule has 0 aliphatic heterocycles. The van der Waals surface area contributed by atoms with E-state index in [0.717, 1.165) is 53.5 Å². The number of hydrogen-bond donors (Lipinski definition) is 3. The fourth-order valence-corrected chi connectivity index (χ4v) is 5.17. The first-order chi connectivity index (χ1) is 16.0. The zero-order valence-electron chi connectivity index (χ0n) is 19.2. The van der Waals surface area contributed by atoms with Gasteiger partial charge in [0.2, 0.25) is 11.9 Å². The van der Waals surface area contributed by atoms with Crippen molar-refractivity contribution < 1.29 is 9.90 Å². The molecule has 0 bridgehead atoms. The third kappa shape index (κ3) is 4.37. The zero-order chi connectivity index (χ0) is 22.9. The molecule has 3 N–H and O–H groups in total. The van der Waals surface area contributed by atoms with Gasteiger partial charge in [-0.05, 0) is 48.9 Å². The van der Waals surface area contributed by atoms with Crippen molar-refractivity contribution in [3.8, 4) is 0 Å². The van der Waals surface area contributed by atoms with Crippen LogP contribution in [-0.4, -0.2) is 47.2 Å². The third-order valence-electron chi connectivity index (χ3n) is 6.94. The molecule has 5 rings (SSSR count). The van der Waals surface area contributed by atoms with Gasteiger partial charge in [-0.15, -0.1) is 0 Å². The molecule has 0 radical (unpaired) electrons. The molecule has 1 fully saturated rings. The van der Waals surface area contributed by atoms with E-state index in [1.54, 1.807) is 0 Å². The Hall–Kier alpha value is -3.19. The van der Waals surface area contributed by atoms with Crippen LogP contribution in [0.15, 0.2) is 48.5 Å². The molecule has 1 saturated carbocycles. The molecule has 7 heteroatoms. The second-order valence-corrected chi connectivity index (χ2v) is 9.43. The van der Waals surface area contributed by atoms with Crippen LogP contribution in [0.2, 0.25) is 0 Å². The SMILES string of the molecule is CN(C)c1nc(NC2CCC(C(=O)N[C@H]3c4ccccc4C[C@H]3O)CC2)nc2ccccc12. The minimum atomic E-state index is -0.555. The normalized spacial score (nSPS) is 24.3. The number of fused-ring (bicyclic) bond motifs is 2. The molecule has 1 aromatic heterocycles. The van der Waals surface area contributed by atoms with Gasteiger partial charge in [0, 0.05) is 37.9 Å². The van der Waals surface area contributed by atoms with Crippen LogP contribution in [0.1, 0.15) is 42.9 Å². The first kappa shape index (κ1) is 21.6. The van der Waals surface area contributed by atoms with Crippen LogP contribution < -0.4 is 15.5 Å². The Kier molecular flexibility index (Phi) is 5.89. The van der Waals surface area contributed by atoms with E-state index >= 15 is 0 Å². The summed E-state index contributed by atoms with van der Waals surface area (Å²) in [6.45, 7) is 0. The van der Waals surface area contributed by atoms with Crippen LogP contribution in [0.25, 0.3) is 10.9 Å². The molecule has 0 saturated heterocycles. The van der Waals surface area contributed by atoms with Gasteiger partial charge >= 0.3 is 0 Å². The van der Waals surface area contributed by atoms with Gasteiger partial charge in [-0.2, -0.15) is 4.98 Å². The molecule has 0 unspecified atom stereocenters. The first-order valence-corrected chi connectivity index (χ1v) is 11.8. The van der Waals surface area contributed by atoms with Crippen LogP contribution in [0.3, 0.4) is 0 Å². The molecular formula is C26H31N5O2. The fourth-order valence-electron chi connectivity index (χ4n) is 5.17. The Bertz CT molecular complexity index is 1160. The van der Waals surface area contributed by atoms with Crippen molar-refractivity contribution in [1.29, 1.82) is 0 Å². The minimum Gasteiger partial charge on any atom is -0.390 e. The highest BCUT2D eigenvalue weighted by Gasteiger charge is 2.34. The molecule has 2 aliphatic carbocycles. The second-order valence-electron chi connectivity index (χ2n) is 9.43. The highest BCUT2D eigenvalue weighted by atomic mass is 16.3. The number of rotatable bonds is 5. The van der Waals surface area contributed by atoms with Crippen LogP contribution in [0.5, 0.6) is 0 Å². The summed E-state index contributed by atoms with van der Waals surface area (Å²) in [5.74, 6) is 1.55. The lowest BCUT2D eigenvalue weighted by Gasteiger charge is -2.30. The van der Waals surface area contributed by atoms with Gasteiger partial charge in [0.25, 0.3) is 0 Å². The molecule has 1 amide bonds. The van der Waals surface area contributed by atoms with E-state index in [0.29, 0.717) is 12.4 Å². The zero-order valence-corrected chi connectivity index (χ0v) is 19.2. The Labute approximate surface area is 194 Å². The minimum absolute atomic E-state index is 0.0297. The van der Waals surface area contributed by atoms with E-state index in [4.69, 9.17) is 9.97 Å². The summed E-state index contributed by atoms with van der Waals surface area (Å²) in [7, 11) is 3.98. The van der Waals surface area contributed by atoms with Crippen molar-refractivity contribution in [1.82, 2.24) is 15.3 Å². The maximum absolute atomic E-state index is 13.0. The molecule has 7 nitrogen and oxygen atoms in total. The molecular weight excluding hydrogens is 414 g/mol. The number of hydrogen-bond acceptors (Lipinski definition) is 6. The van der Waals surface area contributed by atoms with E-state index in [-0.39, 0.29) is 23.9 Å². The van der Waals surface area contributed by atoms with E-state index in [1.807, 2.05) is 67.5 Å². The Morgan fingerprint density at radius 1 is 1.00 bits per heavy atom. The topological polar surface area (TPSA) is 90.4 Å². The number of para-hydroxylation sites is 1.